The van der Waals surface area contributed by atoms with Crippen LogP contribution in [0.25, 0.3) is 11.5 Å². The first kappa shape index (κ1) is 17.8. The summed E-state index contributed by atoms with van der Waals surface area (Å²) in [5.41, 5.74) is 2.02. The van der Waals surface area contributed by atoms with E-state index in [9.17, 15) is 4.79 Å². The molecule has 0 radical (unpaired) electrons. The SMILES string of the molecule is O=c1ccc(-n2cccn2)nn1CC1CCN(Cc2cn3ccccc3n2)CC1. The third-order valence-corrected chi connectivity index (χ3v) is 5.53. The molecule has 0 atom stereocenters. The molecule has 0 bridgehead atoms. The van der Waals surface area contributed by atoms with Crippen LogP contribution in [0.3, 0.4) is 0 Å². The van der Waals surface area contributed by atoms with Crippen LogP contribution in [0.5, 0.6) is 0 Å². The highest BCUT2D eigenvalue weighted by Gasteiger charge is 2.21. The van der Waals surface area contributed by atoms with Crippen molar-refractivity contribution in [3.8, 4) is 5.82 Å². The zero-order chi connectivity index (χ0) is 19.6. The molecule has 5 rings (SSSR count). The highest BCUT2D eigenvalue weighted by molar-refractivity contribution is 5.39. The number of likely N-dealkylation sites (tertiary alicyclic amines) is 1. The Hall–Kier alpha value is -3.26. The molecular formula is C21H23N7O. The topological polar surface area (TPSA) is 73.2 Å². The number of nitrogens with zero attached hydrogens (tertiary/aromatic N) is 7. The molecule has 5 heterocycles. The normalized spacial score (nSPS) is 15.9. The van der Waals surface area contributed by atoms with Crippen molar-refractivity contribution in [3.63, 3.8) is 0 Å². The fourth-order valence-corrected chi connectivity index (χ4v) is 3.96. The molecule has 148 valence electrons. The highest BCUT2D eigenvalue weighted by Crippen LogP contribution is 2.20. The van der Waals surface area contributed by atoms with Crippen molar-refractivity contribution < 1.29 is 0 Å². The second-order valence-electron chi connectivity index (χ2n) is 7.58. The lowest BCUT2D eigenvalue weighted by molar-refractivity contribution is 0.162. The molecule has 0 amide bonds. The number of piperidine rings is 1. The summed E-state index contributed by atoms with van der Waals surface area (Å²) >= 11 is 0. The van der Waals surface area contributed by atoms with Gasteiger partial charge in [-0.25, -0.2) is 14.3 Å². The van der Waals surface area contributed by atoms with E-state index in [1.165, 1.54) is 0 Å². The van der Waals surface area contributed by atoms with Crippen LogP contribution in [0.15, 0.2) is 66.0 Å². The van der Waals surface area contributed by atoms with Crippen LogP contribution in [-0.2, 0) is 13.1 Å². The maximum atomic E-state index is 12.3. The molecule has 29 heavy (non-hydrogen) atoms. The van der Waals surface area contributed by atoms with Crippen LogP contribution in [0, 0.1) is 5.92 Å². The van der Waals surface area contributed by atoms with Gasteiger partial charge in [-0.3, -0.25) is 9.69 Å². The molecule has 8 heteroatoms. The molecule has 0 unspecified atom stereocenters. The van der Waals surface area contributed by atoms with Gasteiger partial charge in [0.05, 0.1) is 5.69 Å². The van der Waals surface area contributed by atoms with Gasteiger partial charge in [-0.1, -0.05) is 6.07 Å². The fourth-order valence-electron chi connectivity index (χ4n) is 3.96. The van der Waals surface area contributed by atoms with Crippen LogP contribution in [0.4, 0.5) is 0 Å². The van der Waals surface area contributed by atoms with Gasteiger partial charge >= 0.3 is 0 Å². The zero-order valence-corrected chi connectivity index (χ0v) is 16.1. The lowest BCUT2D eigenvalue weighted by atomic mass is 9.97. The quantitative estimate of drug-likeness (QED) is 0.522. The number of rotatable bonds is 5. The molecule has 1 aliphatic rings. The smallest absolute Gasteiger partial charge is 0.266 e. The summed E-state index contributed by atoms with van der Waals surface area (Å²) in [7, 11) is 0. The van der Waals surface area contributed by atoms with Gasteiger partial charge in [0.1, 0.15) is 5.65 Å². The molecular weight excluding hydrogens is 366 g/mol. The monoisotopic (exact) mass is 389 g/mol. The summed E-state index contributed by atoms with van der Waals surface area (Å²) in [4.78, 5) is 19.4. The van der Waals surface area contributed by atoms with Crippen LogP contribution in [-0.4, -0.2) is 46.9 Å². The number of imidazole rings is 1. The first-order valence-corrected chi connectivity index (χ1v) is 9.98. The van der Waals surface area contributed by atoms with Crippen molar-refractivity contribution in [2.75, 3.05) is 13.1 Å². The molecule has 8 nitrogen and oxygen atoms in total. The van der Waals surface area contributed by atoms with Crippen LogP contribution >= 0.6 is 0 Å². The van der Waals surface area contributed by atoms with Gasteiger partial charge in [-0.2, -0.15) is 5.10 Å². The van der Waals surface area contributed by atoms with Gasteiger partial charge in [0.25, 0.3) is 5.56 Å². The number of pyridine rings is 1. The first-order chi connectivity index (χ1) is 14.2. The maximum Gasteiger partial charge on any atom is 0.266 e. The Labute approximate surface area is 168 Å². The molecule has 0 aliphatic carbocycles. The molecule has 1 saturated heterocycles. The van der Waals surface area contributed by atoms with Crippen LogP contribution in [0.1, 0.15) is 18.5 Å². The Morgan fingerprint density at radius 1 is 1.03 bits per heavy atom. The third-order valence-electron chi connectivity index (χ3n) is 5.53. The molecule has 0 saturated carbocycles. The molecule has 0 aromatic carbocycles. The summed E-state index contributed by atoms with van der Waals surface area (Å²) in [6, 6.07) is 11.2. The molecule has 1 fully saturated rings. The van der Waals surface area contributed by atoms with Crippen molar-refractivity contribution in [1.29, 1.82) is 0 Å². The number of fused-ring (bicyclic) bond motifs is 1. The maximum absolute atomic E-state index is 12.3. The fraction of sp³-hybridized carbons (Fsp3) is 0.333. The van der Waals surface area contributed by atoms with Crippen molar-refractivity contribution in [1.82, 2.24) is 33.8 Å². The van der Waals surface area contributed by atoms with E-state index in [4.69, 9.17) is 4.98 Å². The van der Waals surface area contributed by atoms with E-state index >= 15 is 0 Å². The molecule has 4 aromatic rings. The molecule has 1 aliphatic heterocycles. The van der Waals surface area contributed by atoms with E-state index in [-0.39, 0.29) is 5.56 Å². The van der Waals surface area contributed by atoms with E-state index in [0.29, 0.717) is 18.3 Å². The van der Waals surface area contributed by atoms with Crippen molar-refractivity contribution >= 4 is 5.65 Å². The number of aromatic nitrogens is 6. The van der Waals surface area contributed by atoms with Gasteiger partial charge in [0, 0.05) is 43.9 Å². The Bertz CT molecular complexity index is 1120. The van der Waals surface area contributed by atoms with Gasteiger partial charge in [0.15, 0.2) is 5.82 Å². The molecule has 0 N–H and O–H groups in total. The standard InChI is InChI=1S/C21H23N7O/c29-21-6-5-20(27-11-3-9-22-27)24-28(21)14-17-7-12-25(13-8-17)15-18-16-26-10-2-1-4-19(26)23-18/h1-6,9-11,16-17H,7-8,12-15H2. The first-order valence-electron chi connectivity index (χ1n) is 9.98. The van der Waals surface area contributed by atoms with Crippen LogP contribution in [0.2, 0.25) is 0 Å². The minimum atomic E-state index is -0.0620. The number of hydrogen-bond acceptors (Lipinski definition) is 5. The minimum Gasteiger partial charge on any atom is -0.307 e. The van der Waals surface area contributed by atoms with Crippen molar-refractivity contribution in [3.05, 3.63) is 77.2 Å². The van der Waals surface area contributed by atoms with E-state index in [1.807, 2.05) is 36.7 Å². The Balaban J connectivity index is 1.21. The summed E-state index contributed by atoms with van der Waals surface area (Å²) in [6.45, 7) is 3.52. The van der Waals surface area contributed by atoms with Gasteiger partial charge in [-0.05, 0) is 56.1 Å². The molecule has 4 aromatic heterocycles. The highest BCUT2D eigenvalue weighted by atomic mass is 16.1. The second-order valence-corrected chi connectivity index (χ2v) is 7.58. The van der Waals surface area contributed by atoms with Crippen molar-refractivity contribution in [2.45, 2.75) is 25.9 Å². The largest absolute Gasteiger partial charge is 0.307 e. The van der Waals surface area contributed by atoms with E-state index in [2.05, 4.69) is 25.7 Å². The summed E-state index contributed by atoms with van der Waals surface area (Å²) < 4.78 is 5.32. The van der Waals surface area contributed by atoms with E-state index < -0.39 is 0 Å². The van der Waals surface area contributed by atoms with Crippen LogP contribution < -0.4 is 5.56 Å². The summed E-state index contributed by atoms with van der Waals surface area (Å²) in [6.07, 6.45) is 9.76. The summed E-state index contributed by atoms with van der Waals surface area (Å²) in [5.74, 6) is 1.12. The summed E-state index contributed by atoms with van der Waals surface area (Å²) in [5, 5.41) is 8.69. The lowest BCUT2D eigenvalue weighted by Crippen LogP contribution is -2.36. The van der Waals surface area contributed by atoms with Gasteiger partial charge in [-0.15, -0.1) is 5.10 Å². The predicted octanol–water partition coefficient (Wildman–Crippen LogP) is 1.99. The Morgan fingerprint density at radius 3 is 2.72 bits per heavy atom. The Kier molecular flexibility index (Phi) is 4.69. The average molecular weight is 389 g/mol. The average Bonchev–Trinajstić information content (AvgIpc) is 3.40. The lowest BCUT2D eigenvalue weighted by Gasteiger charge is -2.31. The van der Waals surface area contributed by atoms with E-state index in [1.54, 1.807) is 27.7 Å². The second kappa shape index (κ2) is 7.63. The third kappa shape index (κ3) is 3.84. The molecule has 0 spiro atoms. The number of hydrogen-bond donors (Lipinski definition) is 0. The van der Waals surface area contributed by atoms with E-state index in [0.717, 1.165) is 43.8 Å². The Morgan fingerprint density at radius 2 is 1.93 bits per heavy atom. The zero-order valence-electron chi connectivity index (χ0n) is 16.1. The van der Waals surface area contributed by atoms with Crippen molar-refractivity contribution in [2.24, 2.45) is 5.92 Å². The minimum absolute atomic E-state index is 0.0620. The van der Waals surface area contributed by atoms with Gasteiger partial charge < -0.3 is 4.40 Å². The predicted molar refractivity (Wildman–Crippen MR) is 109 cm³/mol. The van der Waals surface area contributed by atoms with Gasteiger partial charge in [0.2, 0.25) is 0 Å².